The number of benzene rings is 2. The molecule has 0 aliphatic heterocycles. The van der Waals surface area contributed by atoms with Crippen LogP contribution in [0.25, 0.3) is 21.9 Å². The quantitative estimate of drug-likeness (QED) is 0.428. The van der Waals surface area contributed by atoms with Gasteiger partial charge in [-0.1, -0.05) is 50.2 Å². The number of furan rings is 1. The van der Waals surface area contributed by atoms with Crippen molar-refractivity contribution in [2.45, 2.75) is 39.8 Å². The number of hydrogen-bond donors (Lipinski definition) is 2. The molecule has 1 atom stereocenters. The number of hydrogen-bond acceptors (Lipinski definition) is 4. The second-order valence-corrected chi connectivity index (χ2v) is 8.03. The van der Waals surface area contributed by atoms with Crippen LogP contribution in [0.4, 0.5) is 0 Å². The zero-order chi connectivity index (χ0) is 22.0. The Balaban J connectivity index is 1.53. The fraction of sp³-hybridized carbons (Fsp3) is 0.280. The number of aryl methyl sites for hydroxylation is 1. The maximum absolute atomic E-state index is 13.0. The number of H-pyrrole nitrogens is 1. The molecule has 6 heteroatoms. The summed E-state index contributed by atoms with van der Waals surface area (Å²) in [6, 6.07) is 14.8. The Kier molecular flexibility index (Phi) is 5.80. The number of aromatic nitrogens is 1. The first-order valence-electron chi connectivity index (χ1n) is 10.4. The van der Waals surface area contributed by atoms with E-state index in [2.05, 4.69) is 10.3 Å². The zero-order valence-corrected chi connectivity index (χ0v) is 17.9. The summed E-state index contributed by atoms with van der Waals surface area (Å²) >= 11 is 0. The second-order valence-electron chi connectivity index (χ2n) is 8.03. The van der Waals surface area contributed by atoms with Crippen LogP contribution < -0.4 is 5.32 Å². The van der Waals surface area contributed by atoms with Crippen LogP contribution in [0.2, 0.25) is 0 Å². The van der Waals surface area contributed by atoms with E-state index >= 15 is 0 Å². The minimum Gasteiger partial charge on any atom is -0.457 e. The van der Waals surface area contributed by atoms with E-state index < -0.39 is 12.0 Å². The van der Waals surface area contributed by atoms with E-state index in [1.807, 2.05) is 61.7 Å². The minimum atomic E-state index is -0.793. The van der Waals surface area contributed by atoms with Gasteiger partial charge in [-0.3, -0.25) is 4.79 Å². The molecular weight excluding hydrogens is 392 g/mol. The molecule has 0 aliphatic carbocycles. The molecule has 2 aromatic carbocycles. The van der Waals surface area contributed by atoms with Crippen molar-refractivity contribution in [1.82, 2.24) is 10.3 Å². The monoisotopic (exact) mass is 418 g/mol. The summed E-state index contributed by atoms with van der Waals surface area (Å²) in [5.41, 5.74) is 3.64. The van der Waals surface area contributed by atoms with Gasteiger partial charge in [0.2, 0.25) is 5.91 Å². The molecule has 4 rings (SSSR count). The third-order valence-corrected chi connectivity index (χ3v) is 5.51. The van der Waals surface area contributed by atoms with Crippen LogP contribution >= 0.6 is 0 Å². The van der Waals surface area contributed by atoms with Crippen molar-refractivity contribution < 1.29 is 18.7 Å². The van der Waals surface area contributed by atoms with Crippen molar-refractivity contribution in [2.75, 3.05) is 0 Å². The number of carbonyl (C=O) groups excluding carboxylic acids is 2. The molecule has 0 bridgehead atoms. The van der Waals surface area contributed by atoms with Crippen molar-refractivity contribution in [3.63, 3.8) is 0 Å². The molecular formula is C25H26N2O4. The van der Waals surface area contributed by atoms with Crippen LogP contribution in [-0.2, 0) is 27.4 Å². The molecule has 0 saturated carbocycles. The first kappa shape index (κ1) is 20.7. The lowest BCUT2D eigenvalue weighted by molar-refractivity contribution is -0.149. The number of para-hydroxylation sites is 2. The standard InChI is InChI=1S/C25H26N2O4/c1-15(2)24(28)27-21(12-17-13-26-20-10-6-4-9-19(17)20)25(29)30-14-23-16(3)18-8-5-7-11-22(18)31-23/h4-11,13,15,21,26H,12,14H2,1-3H3,(H,27,28). The van der Waals surface area contributed by atoms with Crippen molar-refractivity contribution in [3.8, 4) is 0 Å². The Morgan fingerprint density at radius 1 is 1.06 bits per heavy atom. The molecule has 2 N–H and O–H groups in total. The SMILES string of the molecule is Cc1c(COC(=O)C(Cc2c[nH]c3ccccc23)NC(=O)C(C)C)oc2ccccc12. The summed E-state index contributed by atoms with van der Waals surface area (Å²) < 4.78 is 11.4. The molecule has 2 heterocycles. The Morgan fingerprint density at radius 3 is 2.52 bits per heavy atom. The molecule has 1 unspecified atom stereocenters. The molecule has 0 saturated heterocycles. The molecule has 31 heavy (non-hydrogen) atoms. The van der Waals surface area contributed by atoms with E-state index in [0.717, 1.165) is 33.0 Å². The highest BCUT2D eigenvalue weighted by Gasteiger charge is 2.26. The number of ether oxygens (including phenoxy) is 1. The molecule has 160 valence electrons. The minimum absolute atomic E-state index is 0.0152. The van der Waals surface area contributed by atoms with Gasteiger partial charge < -0.3 is 19.5 Å². The lowest BCUT2D eigenvalue weighted by Gasteiger charge is -2.18. The highest BCUT2D eigenvalue weighted by molar-refractivity contribution is 5.88. The maximum Gasteiger partial charge on any atom is 0.329 e. The topological polar surface area (TPSA) is 84.3 Å². The van der Waals surface area contributed by atoms with Gasteiger partial charge in [-0.25, -0.2) is 4.79 Å². The first-order chi connectivity index (χ1) is 14.9. The largest absolute Gasteiger partial charge is 0.457 e. The molecule has 4 aromatic rings. The van der Waals surface area contributed by atoms with Crippen LogP contribution in [-0.4, -0.2) is 22.9 Å². The molecule has 0 aliphatic rings. The highest BCUT2D eigenvalue weighted by Crippen LogP contribution is 2.26. The fourth-order valence-electron chi connectivity index (χ4n) is 3.65. The number of rotatable bonds is 7. The summed E-state index contributed by atoms with van der Waals surface area (Å²) in [4.78, 5) is 28.5. The van der Waals surface area contributed by atoms with Crippen LogP contribution in [0.1, 0.15) is 30.7 Å². The fourth-order valence-corrected chi connectivity index (χ4v) is 3.65. The zero-order valence-electron chi connectivity index (χ0n) is 17.9. The number of aromatic amines is 1. The van der Waals surface area contributed by atoms with Gasteiger partial charge in [0.25, 0.3) is 0 Å². The molecule has 0 fully saturated rings. The van der Waals surface area contributed by atoms with E-state index in [1.165, 1.54) is 0 Å². The smallest absolute Gasteiger partial charge is 0.329 e. The normalized spacial score (nSPS) is 12.4. The van der Waals surface area contributed by atoms with E-state index in [-0.39, 0.29) is 18.4 Å². The van der Waals surface area contributed by atoms with Gasteiger partial charge in [0.15, 0.2) is 0 Å². The summed E-state index contributed by atoms with van der Waals surface area (Å²) in [7, 11) is 0. The second kappa shape index (κ2) is 8.68. The number of fused-ring (bicyclic) bond motifs is 2. The molecule has 0 spiro atoms. The third-order valence-electron chi connectivity index (χ3n) is 5.51. The number of nitrogens with one attached hydrogen (secondary N) is 2. The van der Waals surface area contributed by atoms with Gasteiger partial charge in [0.1, 0.15) is 24.0 Å². The van der Waals surface area contributed by atoms with E-state index in [0.29, 0.717) is 12.2 Å². The molecule has 6 nitrogen and oxygen atoms in total. The van der Waals surface area contributed by atoms with Crippen LogP contribution in [0.15, 0.2) is 59.1 Å². The highest BCUT2D eigenvalue weighted by atomic mass is 16.5. The van der Waals surface area contributed by atoms with Crippen molar-refractivity contribution in [3.05, 3.63) is 71.6 Å². The van der Waals surface area contributed by atoms with Crippen LogP contribution in [0.3, 0.4) is 0 Å². The lowest BCUT2D eigenvalue weighted by atomic mass is 10.0. The molecule has 1 amide bonds. The van der Waals surface area contributed by atoms with Gasteiger partial charge in [0, 0.05) is 40.4 Å². The van der Waals surface area contributed by atoms with Crippen molar-refractivity contribution in [1.29, 1.82) is 0 Å². The first-order valence-corrected chi connectivity index (χ1v) is 10.4. The Bertz CT molecular complexity index is 1230. The molecule has 0 radical (unpaired) electrons. The van der Waals surface area contributed by atoms with Crippen molar-refractivity contribution >= 4 is 33.7 Å². The predicted molar refractivity (Wildman–Crippen MR) is 120 cm³/mol. The van der Waals surface area contributed by atoms with Gasteiger partial charge >= 0.3 is 5.97 Å². The lowest BCUT2D eigenvalue weighted by Crippen LogP contribution is -2.44. The summed E-state index contributed by atoms with van der Waals surface area (Å²) in [6.45, 7) is 5.54. The number of carbonyl (C=O) groups is 2. The maximum atomic E-state index is 13.0. The average Bonchev–Trinajstić information content (AvgIpc) is 3.32. The van der Waals surface area contributed by atoms with Gasteiger partial charge in [0.05, 0.1) is 0 Å². The van der Waals surface area contributed by atoms with E-state index in [4.69, 9.17) is 9.15 Å². The Morgan fingerprint density at radius 2 is 1.77 bits per heavy atom. The number of esters is 1. The predicted octanol–water partition coefficient (Wildman–Crippen LogP) is 4.65. The summed E-state index contributed by atoms with van der Waals surface area (Å²) in [5, 5.41) is 4.86. The van der Waals surface area contributed by atoms with Crippen molar-refractivity contribution in [2.24, 2.45) is 5.92 Å². The summed E-state index contributed by atoms with van der Waals surface area (Å²) in [6.07, 6.45) is 2.20. The van der Waals surface area contributed by atoms with Gasteiger partial charge in [-0.2, -0.15) is 0 Å². The van der Waals surface area contributed by atoms with E-state index in [1.54, 1.807) is 13.8 Å². The van der Waals surface area contributed by atoms with E-state index in [9.17, 15) is 9.59 Å². The van der Waals surface area contributed by atoms with Gasteiger partial charge in [-0.05, 0) is 24.6 Å². The third kappa shape index (κ3) is 4.33. The van der Waals surface area contributed by atoms with Crippen LogP contribution in [0.5, 0.6) is 0 Å². The summed E-state index contributed by atoms with van der Waals surface area (Å²) in [5.74, 6) is -0.313. The Hall–Kier alpha value is -3.54. The van der Waals surface area contributed by atoms with Gasteiger partial charge in [-0.15, -0.1) is 0 Å². The Labute approximate surface area is 180 Å². The molecule has 2 aromatic heterocycles. The number of amides is 1. The average molecular weight is 418 g/mol. The van der Waals surface area contributed by atoms with Crippen LogP contribution in [0, 0.1) is 12.8 Å².